The minimum absolute atomic E-state index is 0.112. The summed E-state index contributed by atoms with van der Waals surface area (Å²) in [4.78, 5) is 19.2. The Hall–Kier alpha value is -1.65. The van der Waals surface area contributed by atoms with E-state index in [1.54, 1.807) is 11.7 Å². The van der Waals surface area contributed by atoms with Crippen molar-refractivity contribution in [1.82, 2.24) is 9.36 Å². The van der Waals surface area contributed by atoms with Crippen molar-refractivity contribution in [3.8, 4) is 0 Å². The van der Waals surface area contributed by atoms with Crippen LogP contribution in [0.3, 0.4) is 0 Å². The van der Waals surface area contributed by atoms with Crippen LogP contribution in [0.5, 0.6) is 0 Å². The van der Waals surface area contributed by atoms with Crippen molar-refractivity contribution in [3.05, 3.63) is 21.1 Å². The van der Waals surface area contributed by atoms with Gasteiger partial charge in [0.2, 0.25) is 0 Å². The molecule has 1 aliphatic heterocycles. The molecule has 0 fully saturated rings. The number of nitrogens with zero attached hydrogens (tertiary/aromatic N) is 4. The summed E-state index contributed by atoms with van der Waals surface area (Å²) >= 11 is 0. The first-order chi connectivity index (χ1) is 5.72. The fourth-order valence-corrected chi connectivity index (χ4v) is 1.21. The zero-order valence-electron chi connectivity index (χ0n) is 6.69. The minimum atomic E-state index is -0.112. The van der Waals surface area contributed by atoms with Gasteiger partial charge in [-0.1, -0.05) is 6.58 Å². The van der Waals surface area contributed by atoms with E-state index in [-0.39, 0.29) is 5.56 Å². The molecule has 5 heteroatoms. The lowest BCUT2D eigenvalue weighted by molar-refractivity contribution is 0.489. The van der Waals surface area contributed by atoms with Crippen molar-refractivity contribution < 1.29 is 0 Å². The lowest BCUT2D eigenvalue weighted by atomic mass is 10.5. The van der Waals surface area contributed by atoms with Gasteiger partial charge in [0.25, 0.3) is 5.56 Å². The Morgan fingerprint density at radius 2 is 2.42 bits per heavy atom. The average molecular weight is 164 g/mol. The zero-order valence-corrected chi connectivity index (χ0v) is 6.69. The SMILES string of the molecule is C=c1c(=O)n(C)n2c1=NC=NC2. The quantitative estimate of drug-likeness (QED) is 0.447. The van der Waals surface area contributed by atoms with E-state index in [4.69, 9.17) is 0 Å². The first kappa shape index (κ1) is 7.02. The summed E-state index contributed by atoms with van der Waals surface area (Å²) < 4.78 is 3.16. The van der Waals surface area contributed by atoms with Gasteiger partial charge >= 0.3 is 0 Å². The van der Waals surface area contributed by atoms with Crippen LogP contribution in [0.25, 0.3) is 6.58 Å². The molecule has 0 N–H and O–H groups in total. The van der Waals surface area contributed by atoms with Gasteiger partial charge in [-0.15, -0.1) is 0 Å². The van der Waals surface area contributed by atoms with Crippen LogP contribution in [0.4, 0.5) is 0 Å². The molecule has 2 heterocycles. The Bertz CT molecular complexity index is 505. The van der Waals surface area contributed by atoms with Crippen molar-refractivity contribution >= 4 is 12.9 Å². The molecule has 0 saturated carbocycles. The van der Waals surface area contributed by atoms with Gasteiger partial charge in [0.05, 0.1) is 5.22 Å². The van der Waals surface area contributed by atoms with Gasteiger partial charge in [0, 0.05) is 7.05 Å². The van der Waals surface area contributed by atoms with Crippen LogP contribution >= 0.6 is 0 Å². The predicted molar refractivity (Wildman–Crippen MR) is 44.5 cm³/mol. The molecule has 12 heavy (non-hydrogen) atoms. The first-order valence-corrected chi connectivity index (χ1v) is 3.52. The molecule has 1 aromatic rings. The second kappa shape index (κ2) is 2.17. The topological polar surface area (TPSA) is 51.6 Å². The predicted octanol–water partition coefficient (Wildman–Crippen LogP) is -1.78. The lowest BCUT2D eigenvalue weighted by Gasteiger charge is -2.04. The van der Waals surface area contributed by atoms with Crippen molar-refractivity contribution in [2.75, 3.05) is 0 Å². The number of aliphatic imine (C=N–C) groups is 1. The first-order valence-electron chi connectivity index (χ1n) is 3.52. The molecule has 0 unspecified atom stereocenters. The number of hydrogen-bond donors (Lipinski definition) is 0. The van der Waals surface area contributed by atoms with Crippen molar-refractivity contribution in [1.29, 1.82) is 0 Å². The Morgan fingerprint density at radius 3 is 3.08 bits per heavy atom. The number of hydrogen-bond acceptors (Lipinski definition) is 3. The van der Waals surface area contributed by atoms with Gasteiger partial charge in [0.15, 0.2) is 5.49 Å². The fourth-order valence-electron chi connectivity index (χ4n) is 1.21. The van der Waals surface area contributed by atoms with E-state index in [1.807, 2.05) is 0 Å². The molecule has 0 amide bonds. The Balaban J connectivity index is 3.04. The Kier molecular flexibility index (Phi) is 1.27. The summed E-state index contributed by atoms with van der Waals surface area (Å²) in [7, 11) is 1.68. The van der Waals surface area contributed by atoms with E-state index in [9.17, 15) is 4.79 Å². The van der Waals surface area contributed by atoms with Gasteiger partial charge in [0.1, 0.15) is 13.0 Å². The second-order valence-electron chi connectivity index (χ2n) is 2.60. The van der Waals surface area contributed by atoms with Gasteiger partial charge in [-0.3, -0.25) is 4.79 Å². The van der Waals surface area contributed by atoms with Gasteiger partial charge in [-0.05, 0) is 0 Å². The third-order valence-corrected chi connectivity index (χ3v) is 1.91. The molecule has 1 aromatic heterocycles. The summed E-state index contributed by atoms with van der Waals surface area (Å²) in [5.41, 5.74) is 0.497. The highest BCUT2D eigenvalue weighted by molar-refractivity contribution is 5.55. The van der Waals surface area contributed by atoms with E-state index in [0.29, 0.717) is 17.4 Å². The van der Waals surface area contributed by atoms with E-state index in [0.717, 1.165) is 0 Å². The number of aromatic nitrogens is 2. The third kappa shape index (κ3) is 0.702. The Labute approximate surface area is 68.0 Å². The summed E-state index contributed by atoms with van der Waals surface area (Å²) in [6.07, 6.45) is 1.45. The monoisotopic (exact) mass is 164 g/mol. The highest BCUT2D eigenvalue weighted by Crippen LogP contribution is 1.80. The maximum Gasteiger partial charge on any atom is 0.275 e. The van der Waals surface area contributed by atoms with Crippen molar-refractivity contribution in [3.63, 3.8) is 0 Å². The number of rotatable bonds is 0. The molecule has 0 aliphatic carbocycles. The highest BCUT2D eigenvalue weighted by Gasteiger charge is 2.06. The van der Waals surface area contributed by atoms with E-state index < -0.39 is 0 Å². The lowest BCUT2D eigenvalue weighted by Crippen LogP contribution is -2.35. The van der Waals surface area contributed by atoms with Gasteiger partial charge in [-0.25, -0.2) is 19.3 Å². The van der Waals surface area contributed by atoms with E-state index in [1.165, 1.54) is 11.0 Å². The largest absolute Gasteiger partial charge is 0.275 e. The van der Waals surface area contributed by atoms with E-state index in [2.05, 4.69) is 16.6 Å². The van der Waals surface area contributed by atoms with E-state index >= 15 is 0 Å². The zero-order chi connectivity index (χ0) is 8.72. The summed E-state index contributed by atoms with van der Waals surface area (Å²) in [6, 6.07) is 0. The average Bonchev–Trinajstić information content (AvgIpc) is 2.33. The molecule has 5 nitrogen and oxygen atoms in total. The van der Waals surface area contributed by atoms with Crippen molar-refractivity contribution in [2.45, 2.75) is 6.67 Å². The molecule has 0 atom stereocenters. The van der Waals surface area contributed by atoms with Gasteiger partial charge < -0.3 is 0 Å². The maximum atomic E-state index is 11.3. The minimum Gasteiger partial charge on any atom is -0.267 e. The standard InChI is InChI=1S/C7H8N4O/c1-5-6-9-3-8-4-11(6)10(2)7(5)12/h3H,1,4H2,2H3. The Morgan fingerprint density at radius 1 is 1.67 bits per heavy atom. The summed E-state index contributed by atoms with van der Waals surface area (Å²) in [6.45, 7) is 4.09. The fraction of sp³-hybridized carbons (Fsp3) is 0.286. The molecule has 1 aliphatic rings. The molecule has 0 aromatic carbocycles. The maximum absolute atomic E-state index is 11.3. The summed E-state index contributed by atoms with van der Waals surface area (Å²) in [5.74, 6) is 0. The van der Waals surface area contributed by atoms with Crippen LogP contribution < -0.4 is 16.3 Å². The molecule has 2 rings (SSSR count). The van der Waals surface area contributed by atoms with Crippen LogP contribution in [-0.2, 0) is 13.7 Å². The second-order valence-corrected chi connectivity index (χ2v) is 2.60. The molecule has 0 saturated heterocycles. The number of fused-ring (bicyclic) bond motifs is 1. The molecule has 0 spiro atoms. The molecular weight excluding hydrogens is 156 g/mol. The van der Waals surface area contributed by atoms with Crippen LogP contribution in [0, 0.1) is 0 Å². The smallest absolute Gasteiger partial charge is 0.267 e. The molecule has 62 valence electrons. The highest BCUT2D eigenvalue weighted by atomic mass is 16.1. The van der Waals surface area contributed by atoms with Crippen LogP contribution in [0.1, 0.15) is 0 Å². The van der Waals surface area contributed by atoms with Gasteiger partial charge in [-0.2, -0.15) is 0 Å². The molecular formula is C7H8N4O. The molecule has 0 bridgehead atoms. The normalized spacial score (nSPS) is 14.1. The van der Waals surface area contributed by atoms with Crippen molar-refractivity contribution in [2.24, 2.45) is 17.0 Å². The van der Waals surface area contributed by atoms with Crippen LogP contribution in [0.2, 0.25) is 0 Å². The molecule has 0 radical (unpaired) electrons. The van der Waals surface area contributed by atoms with Crippen LogP contribution in [-0.4, -0.2) is 15.7 Å². The van der Waals surface area contributed by atoms with Crippen LogP contribution in [0.15, 0.2) is 14.8 Å². The summed E-state index contributed by atoms with van der Waals surface area (Å²) in [5, 5.41) is 0.434. The third-order valence-electron chi connectivity index (χ3n) is 1.91.